The molecular formula is C31H27BrN2O3. The molecule has 0 fully saturated rings. The zero-order valence-electron chi connectivity index (χ0n) is 21.2. The zero-order valence-corrected chi connectivity index (χ0v) is 22.8. The molecular weight excluding hydrogens is 528 g/mol. The van der Waals surface area contributed by atoms with Crippen LogP contribution in [0.5, 0.6) is 11.5 Å². The van der Waals surface area contributed by atoms with E-state index in [9.17, 15) is 10.1 Å². The first-order chi connectivity index (χ1) is 17.8. The Balaban J connectivity index is 1.60. The summed E-state index contributed by atoms with van der Waals surface area (Å²) >= 11 is 3.58. The number of benzene rings is 4. The van der Waals surface area contributed by atoms with Crippen molar-refractivity contribution in [3.05, 3.63) is 105 Å². The van der Waals surface area contributed by atoms with Gasteiger partial charge in [-0.15, -0.1) is 0 Å². The molecule has 0 saturated heterocycles. The maximum absolute atomic E-state index is 12.8. The second-order valence-electron chi connectivity index (χ2n) is 8.85. The molecule has 4 aromatic carbocycles. The van der Waals surface area contributed by atoms with Crippen molar-refractivity contribution in [1.29, 1.82) is 5.26 Å². The van der Waals surface area contributed by atoms with Gasteiger partial charge in [-0.2, -0.15) is 5.26 Å². The van der Waals surface area contributed by atoms with E-state index in [2.05, 4.69) is 52.4 Å². The fourth-order valence-corrected chi connectivity index (χ4v) is 4.69. The number of rotatable bonds is 7. The molecule has 0 aliphatic rings. The van der Waals surface area contributed by atoms with E-state index in [1.807, 2.05) is 50.2 Å². The largest absolute Gasteiger partial charge is 0.493 e. The van der Waals surface area contributed by atoms with Crippen molar-refractivity contribution in [3.63, 3.8) is 0 Å². The van der Waals surface area contributed by atoms with E-state index >= 15 is 0 Å². The Hall–Kier alpha value is -4.08. The second kappa shape index (κ2) is 11.3. The molecule has 186 valence electrons. The van der Waals surface area contributed by atoms with E-state index in [0.717, 1.165) is 33.0 Å². The third-order valence-electron chi connectivity index (χ3n) is 6.20. The number of nitrogens with zero attached hydrogens (tertiary/aromatic N) is 1. The monoisotopic (exact) mass is 554 g/mol. The number of aryl methyl sites for hydroxylation is 3. The highest BCUT2D eigenvalue weighted by molar-refractivity contribution is 9.10. The summed E-state index contributed by atoms with van der Waals surface area (Å²) in [4.78, 5) is 12.8. The third kappa shape index (κ3) is 5.84. The Morgan fingerprint density at radius 1 is 1.03 bits per heavy atom. The Morgan fingerprint density at radius 3 is 2.54 bits per heavy atom. The van der Waals surface area contributed by atoms with Gasteiger partial charge in [0, 0.05) is 11.3 Å². The number of nitrogens with one attached hydrogen (secondary N) is 1. The minimum absolute atomic E-state index is 0.0186. The number of methoxy groups -OCH3 is 1. The van der Waals surface area contributed by atoms with Crippen LogP contribution in [0, 0.1) is 32.1 Å². The average molecular weight is 555 g/mol. The molecule has 0 radical (unpaired) electrons. The molecule has 0 unspecified atom stereocenters. The molecule has 0 heterocycles. The summed E-state index contributed by atoms with van der Waals surface area (Å²) in [6, 6.07) is 23.8. The number of nitriles is 1. The van der Waals surface area contributed by atoms with Crippen molar-refractivity contribution in [1.82, 2.24) is 0 Å². The van der Waals surface area contributed by atoms with Crippen LogP contribution < -0.4 is 14.8 Å². The Labute approximate surface area is 225 Å². The highest BCUT2D eigenvalue weighted by Gasteiger charge is 2.16. The maximum Gasteiger partial charge on any atom is 0.266 e. The Kier molecular flexibility index (Phi) is 7.95. The van der Waals surface area contributed by atoms with Crippen LogP contribution in [0.4, 0.5) is 5.69 Å². The number of ether oxygens (including phenoxy) is 2. The third-order valence-corrected chi connectivity index (χ3v) is 6.79. The minimum Gasteiger partial charge on any atom is -0.493 e. The minimum atomic E-state index is -0.474. The van der Waals surface area contributed by atoms with Crippen molar-refractivity contribution in [2.75, 3.05) is 12.4 Å². The van der Waals surface area contributed by atoms with E-state index in [-0.39, 0.29) is 5.57 Å². The van der Waals surface area contributed by atoms with Crippen molar-refractivity contribution in [2.24, 2.45) is 0 Å². The maximum atomic E-state index is 12.8. The summed E-state index contributed by atoms with van der Waals surface area (Å²) in [5.74, 6) is 0.564. The molecule has 37 heavy (non-hydrogen) atoms. The molecule has 0 aliphatic heterocycles. The number of amides is 1. The highest BCUT2D eigenvalue weighted by atomic mass is 79.9. The van der Waals surface area contributed by atoms with Crippen molar-refractivity contribution in [2.45, 2.75) is 27.4 Å². The van der Waals surface area contributed by atoms with Gasteiger partial charge in [0.05, 0.1) is 11.6 Å². The first-order valence-corrected chi connectivity index (χ1v) is 12.6. The molecule has 4 aromatic rings. The Morgan fingerprint density at radius 2 is 1.78 bits per heavy atom. The van der Waals surface area contributed by atoms with E-state index in [1.165, 1.54) is 6.08 Å². The van der Waals surface area contributed by atoms with Gasteiger partial charge in [-0.25, -0.2) is 0 Å². The van der Waals surface area contributed by atoms with Crippen LogP contribution in [0.25, 0.3) is 16.8 Å². The highest BCUT2D eigenvalue weighted by Crippen LogP contribution is 2.38. The molecule has 0 aromatic heterocycles. The fourth-order valence-electron chi connectivity index (χ4n) is 4.12. The number of fused-ring (bicyclic) bond motifs is 1. The van der Waals surface area contributed by atoms with E-state index in [0.29, 0.717) is 33.8 Å². The number of anilines is 1. The van der Waals surface area contributed by atoms with Crippen LogP contribution in [0.2, 0.25) is 0 Å². The number of hydrogen-bond acceptors (Lipinski definition) is 4. The van der Waals surface area contributed by atoms with Gasteiger partial charge in [-0.1, -0.05) is 48.5 Å². The van der Waals surface area contributed by atoms with Crippen LogP contribution >= 0.6 is 15.9 Å². The standard InChI is InChI=1S/C31H27BrN2O3/c1-19-9-10-21(3)28(13-19)34-31(35)24(17-33)14-22-15-27(32)30(29(16-22)36-4)37-18-26-20(2)11-12-23-7-5-6-8-25(23)26/h5-16H,18H2,1-4H3,(H,34,35)/b24-14+. The second-order valence-corrected chi connectivity index (χ2v) is 9.70. The predicted octanol–water partition coefficient (Wildman–Crippen LogP) is 7.66. The molecule has 4 rings (SSSR count). The van der Waals surface area contributed by atoms with E-state index in [4.69, 9.17) is 9.47 Å². The first-order valence-electron chi connectivity index (χ1n) is 11.8. The van der Waals surface area contributed by atoms with Crippen molar-refractivity contribution in [3.8, 4) is 17.6 Å². The van der Waals surface area contributed by atoms with Gasteiger partial charge in [0.2, 0.25) is 0 Å². The molecule has 1 amide bonds. The van der Waals surface area contributed by atoms with E-state index < -0.39 is 5.91 Å². The van der Waals surface area contributed by atoms with Gasteiger partial charge in [-0.3, -0.25) is 4.79 Å². The Bertz CT molecular complexity index is 1570. The first kappa shape index (κ1) is 26.0. The number of halogens is 1. The lowest BCUT2D eigenvalue weighted by molar-refractivity contribution is -0.112. The van der Waals surface area contributed by atoms with E-state index in [1.54, 1.807) is 19.2 Å². The van der Waals surface area contributed by atoms with Crippen LogP contribution in [0.3, 0.4) is 0 Å². The topological polar surface area (TPSA) is 71.3 Å². The summed E-state index contributed by atoms with van der Waals surface area (Å²) in [6.07, 6.45) is 1.53. The average Bonchev–Trinajstić information content (AvgIpc) is 2.89. The number of carbonyl (C=O) groups excluding carboxylic acids is 1. The van der Waals surface area contributed by atoms with Crippen molar-refractivity contribution < 1.29 is 14.3 Å². The normalized spacial score (nSPS) is 11.2. The lowest BCUT2D eigenvalue weighted by Crippen LogP contribution is -2.14. The summed E-state index contributed by atoms with van der Waals surface area (Å²) in [5.41, 5.74) is 5.47. The van der Waals surface area contributed by atoms with Crippen molar-refractivity contribution >= 4 is 44.4 Å². The SMILES string of the molecule is COc1cc(/C=C(\C#N)C(=O)Nc2cc(C)ccc2C)cc(Br)c1OCc1c(C)ccc2ccccc12. The van der Waals surface area contributed by atoms with Crippen LogP contribution in [0.1, 0.15) is 27.8 Å². The molecule has 0 saturated carbocycles. The van der Waals surface area contributed by atoms with Gasteiger partial charge in [0.1, 0.15) is 18.2 Å². The van der Waals surface area contributed by atoms with Gasteiger partial charge >= 0.3 is 0 Å². The van der Waals surface area contributed by atoms with Gasteiger partial charge in [0.25, 0.3) is 5.91 Å². The molecule has 0 spiro atoms. The quantitative estimate of drug-likeness (QED) is 0.188. The summed E-state index contributed by atoms with van der Waals surface area (Å²) in [5, 5.41) is 14.8. The molecule has 1 N–H and O–H groups in total. The number of hydrogen-bond donors (Lipinski definition) is 1. The zero-order chi connectivity index (χ0) is 26.5. The molecule has 6 heteroatoms. The van der Waals surface area contributed by atoms with Gasteiger partial charge in [-0.05, 0) is 94.0 Å². The summed E-state index contributed by atoms with van der Waals surface area (Å²) in [7, 11) is 1.56. The van der Waals surface area contributed by atoms with Crippen LogP contribution in [-0.2, 0) is 11.4 Å². The van der Waals surface area contributed by atoms with Crippen LogP contribution in [0.15, 0.2) is 76.8 Å². The molecule has 5 nitrogen and oxygen atoms in total. The lowest BCUT2D eigenvalue weighted by atomic mass is 10.0. The predicted molar refractivity (Wildman–Crippen MR) is 152 cm³/mol. The molecule has 0 bridgehead atoms. The van der Waals surface area contributed by atoms with Crippen LogP contribution in [-0.4, -0.2) is 13.0 Å². The fraction of sp³-hybridized carbons (Fsp3) is 0.161. The van der Waals surface area contributed by atoms with Gasteiger partial charge < -0.3 is 14.8 Å². The number of carbonyl (C=O) groups is 1. The van der Waals surface area contributed by atoms with Gasteiger partial charge in [0.15, 0.2) is 11.5 Å². The molecule has 0 atom stereocenters. The molecule has 0 aliphatic carbocycles. The lowest BCUT2D eigenvalue weighted by Gasteiger charge is -2.16. The smallest absolute Gasteiger partial charge is 0.266 e. The summed E-state index contributed by atoms with van der Waals surface area (Å²) < 4.78 is 12.5. The summed E-state index contributed by atoms with van der Waals surface area (Å²) in [6.45, 7) is 6.29.